The van der Waals surface area contributed by atoms with Gasteiger partial charge in [0.15, 0.2) is 0 Å². The van der Waals surface area contributed by atoms with E-state index in [9.17, 15) is 9.90 Å². The Bertz CT molecular complexity index is 236. The molecule has 0 aromatic carbocycles. The highest BCUT2D eigenvalue weighted by Gasteiger charge is 2.55. The van der Waals surface area contributed by atoms with Gasteiger partial charge in [-0.05, 0) is 19.3 Å². The molecule has 2 fully saturated rings. The minimum absolute atomic E-state index is 0.00670. The van der Waals surface area contributed by atoms with E-state index in [0.717, 1.165) is 12.8 Å². The minimum Gasteiger partial charge on any atom is -0.392 e. The number of carbonyl (C=O) groups is 1. The van der Waals surface area contributed by atoms with Gasteiger partial charge < -0.3 is 15.2 Å². The Kier molecular flexibility index (Phi) is 2.49. The molecule has 2 rings (SSSR count). The van der Waals surface area contributed by atoms with Gasteiger partial charge in [0.25, 0.3) is 0 Å². The first-order valence-corrected chi connectivity index (χ1v) is 5.18. The van der Waals surface area contributed by atoms with Crippen molar-refractivity contribution in [3.8, 4) is 0 Å². The second kappa shape index (κ2) is 3.51. The zero-order chi connectivity index (χ0) is 10.2. The molecule has 1 amide bonds. The van der Waals surface area contributed by atoms with Crippen molar-refractivity contribution in [1.29, 1.82) is 0 Å². The van der Waals surface area contributed by atoms with Crippen molar-refractivity contribution in [1.82, 2.24) is 5.32 Å². The Labute approximate surface area is 83.6 Å². The number of carbonyl (C=O) groups excluding carboxylic acids is 1. The highest BCUT2D eigenvalue weighted by molar-refractivity contribution is 5.73. The van der Waals surface area contributed by atoms with E-state index in [0.29, 0.717) is 19.6 Å². The zero-order valence-corrected chi connectivity index (χ0v) is 8.45. The normalized spacial score (nSPS) is 35.0. The smallest absolute Gasteiger partial charge is 0.217 e. The number of hydrogen-bond acceptors (Lipinski definition) is 3. The Balaban J connectivity index is 2.02. The van der Waals surface area contributed by atoms with Crippen LogP contribution in [0.5, 0.6) is 0 Å². The van der Waals surface area contributed by atoms with Crippen LogP contribution in [-0.4, -0.2) is 36.4 Å². The highest BCUT2D eigenvalue weighted by atomic mass is 16.5. The van der Waals surface area contributed by atoms with Crippen molar-refractivity contribution in [2.45, 2.75) is 38.3 Å². The van der Waals surface area contributed by atoms with Gasteiger partial charge in [0.05, 0.1) is 6.10 Å². The Hall–Kier alpha value is -0.610. The predicted octanol–water partition coefficient (Wildman–Crippen LogP) is 0.0525. The Morgan fingerprint density at radius 2 is 2.14 bits per heavy atom. The molecule has 0 aromatic heterocycles. The summed E-state index contributed by atoms with van der Waals surface area (Å²) in [7, 11) is 0. The van der Waals surface area contributed by atoms with Crippen LogP contribution in [0.15, 0.2) is 0 Å². The molecule has 1 heterocycles. The molecule has 4 heteroatoms. The van der Waals surface area contributed by atoms with Crippen molar-refractivity contribution in [3.63, 3.8) is 0 Å². The lowest BCUT2D eigenvalue weighted by atomic mass is 9.58. The van der Waals surface area contributed by atoms with Crippen LogP contribution in [0.2, 0.25) is 0 Å². The standard InChI is InChI=1S/C10H17NO3/c1-7(12)11-8-6-9(13)10(8)2-4-14-5-3-10/h8-9,13H,2-6H2,1H3,(H,11,12). The fraction of sp³-hybridized carbons (Fsp3) is 0.900. The van der Waals surface area contributed by atoms with E-state index in [2.05, 4.69) is 5.32 Å². The van der Waals surface area contributed by atoms with Crippen LogP contribution in [0.4, 0.5) is 0 Å². The summed E-state index contributed by atoms with van der Waals surface area (Å²) in [6, 6.07) is 0.152. The quantitative estimate of drug-likeness (QED) is 0.627. The van der Waals surface area contributed by atoms with Crippen molar-refractivity contribution >= 4 is 5.91 Å². The molecular formula is C10H17NO3. The van der Waals surface area contributed by atoms with E-state index >= 15 is 0 Å². The summed E-state index contributed by atoms with van der Waals surface area (Å²) in [6.45, 7) is 2.93. The first kappa shape index (κ1) is 9.93. The van der Waals surface area contributed by atoms with Gasteiger partial charge in [0, 0.05) is 31.6 Å². The molecule has 2 atom stereocenters. The molecule has 1 aliphatic heterocycles. The summed E-state index contributed by atoms with van der Waals surface area (Å²) in [6.07, 6.45) is 2.15. The van der Waals surface area contributed by atoms with Crippen molar-refractivity contribution in [2.75, 3.05) is 13.2 Å². The first-order valence-electron chi connectivity index (χ1n) is 5.18. The van der Waals surface area contributed by atoms with Crippen LogP contribution in [0.3, 0.4) is 0 Å². The van der Waals surface area contributed by atoms with Crippen LogP contribution in [0, 0.1) is 5.41 Å². The largest absolute Gasteiger partial charge is 0.392 e. The maximum absolute atomic E-state index is 11.0. The lowest BCUT2D eigenvalue weighted by Crippen LogP contribution is -2.65. The van der Waals surface area contributed by atoms with Gasteiger partial charge in [-0.3, -0.25) is 4.79 Å². The van der Waals surface area contributed by atoms with Gasteiger partial charge in [-0.2, -0.15) is 0 Å². The maximum atomic E-state index is 11.0. The van der Waals surface area contributed by atoms with E-state index in [1.165, 1.54) is 6.92 Å². The van der Waals surface area contributed by atoms with Crippen LogP contribution < -0.4 is 5.32 Å². The van der Waals surface area contributed by atoms with Gasteiger partial charge in [0.1, 0.15) is 0 Å². The molecule has 80 valence electrons. The van der Waals surface area contributed by atoms with Gasteiger partial charge in [0.2, 0.25) is 5.91 Å². The van der Waals surface area contributed by atoms with Gasteiger partial charge in [-0.25, -0.2) is 0 Å². The average Bonchev–Trinajstić information content (AvgIpc) is 2.18. The molecule has 2 unspecified atom stereocenters. The van der Waals surface area contributed by atoms with Crippen LogP contribution in [0.1, 0.15) is 26.2 Å². The molecule has 1 aliphatic carbocycles. The summed E-state index contributed by atoms with van der Waals surface area (Å²) in [5, 5.41) is 12.7. The lowest BCUT2D eigenvalue weighted by molar-refractivity contribution is -0.155. The van der Waals surface area contributed by atoms with Crippen molar-refractivity contribution in [2.24, 2.45) is 5.41 Å². The molecule has 1 saturated heterocycles. The average molecular weight is 199 g/mol. The number of nitrogens with one attached hydrogen (secondary N) is 1. The SMILES string of the molecule is CC(=O)NC1CC(O)C12CCOCC2. The zero-order valence-electron chi connectivity index (χ0n) is 8.45. The van der Waals surface area contributed by atoms with E-state index in [4.69, 9.17) is 4.74 Å². The van der Waals surface area contributed by atoms with E-state index in [1.807, 2.05) is 0 Å². The topological polar surface area (TPSA) is 58.6 Å². The summed E-state index contributed by atoms with van der Waals surface area (Å²) in [4.78, 5) is 11.0. The number of ether oxygens (including phenoxy) is 1. The molecule has 2 N–H and O–H groups in total. The molecule has 14 heavy (non-hydrogen) atoms. The van der Waals surface area contributed by atoms with Crippen LogP contribution in [0.25, 0.3) is 0 Å². The van der Waals surface area contributed by atoms with Crippen LogP contribution >= 0.6 is 0 Å². The third kappa shape index (κ3) is 1.42. The number of rotatable bonds is 1. The number of hydrogen-bond donors (Lipinski definition) is 2. The van der Waals surface area contributed by atoms with Crippen molar-refractivity contribution < 1.29 is 14.6 Å². The van der Waals surface area contributed by atoms with Gasteiger partial charge in [-0.15, -0.1) is 0 Å². The maximum Gasteiger partial charge on any atom is 0.217 e. The third-order valence-corrected chi connectivity index (χ3v) is 3.62. The molecule has 2 aliphatic rings. The van der Waals surface area contributed by atoms with Gasteiger partial charge in [-0.1, -0.05) is 0 Å². The lowest BCUT2D eigenvalue weighted by Gasteiger charge is -2.55. The molecular weight excluding hydrogens is 182 g/mol. The van der Waals surface area contributed by atoms with Crippen molar-refractivity contribution in [3.05, 3.63) is 0 Å². The van der Waals surface area contributed by atoms with E-state index in [1.54, 1.807) is 0 Å². The summed E-state index contributed by atoms with van der Waals surface area (Å²) in [5.74, 6) is -0.00670. The molecule has 0 aromatic rings. The summed E-state index contributed by atoms with van der Waals surface area (Å²) >= 11 is 0. The van der Waals surface area contributed by atoms with E-state index in [-0.39, 0.29) is 23.5 Å². The number of amides is 1. The molecule has 0 radical (unpaired) electrons. The third-order valence-electron chi connectivity index (χ3n) is 3.62. The molecule has 1 saturated carbocycles. The summed E-state index contributed by atoms with van der Waals surface area (Å²) < 4.78 is 5.28. The fourth-order valence-corrected chi connectivity index (χ4v) is 2.65. The number of aliphatic hydroxyl groups excluding tert-OH is 1. The summed E-state index contributed by atoms with van der Waals surface area (Å²) in [5.41, 5.74) is -0.0933. The first-order chi connectivity index (χ1) is 6.65. The van der Waals surface area contributed by atoms with Gasteiger partial charge >= 0.3 is 0 Å². The fourth-order valence-electron chi connectivity index (χ4n) is 2.65. The van der Waals surface area contributed by atoms with E-state index < -0.39 is 0 Å². The highest BCUT2D eigenvalue weighted by Crippen LogP contribution is 2.48. The molecule has 4 nitrogen and oxygen atoms in total. The van der Waals surface area contributed by atoms with Crippen LogP contribution in [-0.2, 0) is 9.53 Å². The predicted molar refractivity (Wildman–Crippen MR) is 50.7 cm³/mol. The molecule has 0 bridgehead atoms. The number of aliphatic hydroxyl groups is 1. The minimum atomic E-state index is -0.261. The monoisotopic (exact) mass is 199 g/mol. The molecule has 1 spiro atoms. The Morgan fingerprint density at radius 1 is 1.50 bits per heavy atom. The second-order valence-electron chi connectivity index (χ2n) is 4.35. The second-order valence-corrected chi connectivity index (χ2v) is 4.35. The Morgan fingerprint density at radius 3 is 2.64 bits per heavy atom.